The van der Waals surface area contributed by atoms with Crippen molar-refractivity contribution in [3.8, 4) is 67.5 Å². The Balaban J connectivity index is 0.000000153. The number of hydrogen-bond donors (Lipinski definition) is 5. The second kappa shape index (κ2) is 21.8. The van der Waals surface area contributed by atoms with Gasteiger partial charge in [-0.1, -0.05) is 68.4 Å². The van der Waals surface area contributed by atoms with Crippen molar-refractivity contribution in [3.05, 3.63) is 200 Å². The first kappa shape index (κ1) is 49.7. The highest BCUT2D eigenvalue weighted by Gasteiger charge is 2.20. The predicted octanol–water partition coefficient (Wildman–Crippen LogP) is 13.6. The number of nitrogens with one attached hydrogen (secondary N) is 5. The maximum atomic E-state index is 13.5. The Morgan fingerprint density at radius 3 is 1.56 bits per heavy atom. The van der Waals surface area contributed by atoms with Crippen molar-refractivity contribution < 1.29 is 13.6 Å². The molecule has 9 heterocycles. The van der Waals surface area contributed by atoms with E-state index < -0.39 is 0 Å². The smallest absolute Gasteiger partial charge is 0.255 e. The molecule has 1 saturated heterocycles. The maximum Gasteiger partial charge on any atom is 0.255 e. The van der Waals surface area contributed by atoms with Crippen LogP contribution >= 0.6 is 0 Å². The Kier molecular flexibility index (Phi) is 13.8. The molecule has 5 N–H and O–H groups in total. The lowest BCUT2D eigenvalue weighted by molar-refractivity contribution is 0.102. The van der Waals surface area contributed by atoms with Gasteiger partial charge < -0.3 is 15.3 Å². The third kappa shape index (κ3) is 10.3. The van der Waals surface area contributed by atoms with Gasteiger partial charge in [0.25, 0.3) is 5.91 Å². The molecule has 0 unspecified atom stereocenters. The second-order valence-corrected chi connectivity index (χ2v) is 18.9. The van der Waals surface area contributed by atoms with E-state index in [9.17, 15) is 13.6 Å². The van der Waals surface area contributed by atoms with E-state index in [0.717, 1.165) is 114 Å². The number of anilines is 1. The number of benzene rings is 5. The molecule has 13 aromatic rings. The Morgan fingerprint density at radius 2 is 1.01 bits per heavy atom. The number of nitrogens with zero attached hydrogens (tertiary/aromatic N) is 9. The van der Waals surface area contributed by atoms with E-state index in [1.165, 1.54) is 42.7 Å². The highest BCUT2D eigenvalue weighted by Crippen LogP contribution is 2.36. The van der Waals surface area contributed by atoms with Gasteiger partial charge in [0.1, 0.15) is 23.0 Å². The average Bonchev–Trinajstić information content (AvgIpc) is 4.52. The van der Waals surface area contributed by atoms with Gasteiger partial charge in [0.05, 0.1) is 57.4 Å². The molecule has 17 heteroatoms. The van der Waals surface area contributed by atoms with Gasteiger partial charge in [-0.05, 0) is 127 Å². The summed E-state index contributed by atoms with van der Waals surface area (Å²) >= 11 is 0. The summed E-state index contributed by atoms with van der Waals surface area (Å²) in [6.07, 6.45) is 16.7. The largest absolute Gasteiger partial charge is 0.335 e. The average molecular weight is 1050 g/mol. The molecule has 1 aliphatic heterocycles. The highest BCUT2D eigenvalue weighted by atomic mass is 19.1. The summed E-state index contributed by atoms with van der Waals surface area (Å²) in [6, 6.07) is 38.0. The Bertz CT molecular complexity index is 4300. The van der Waals surface area contributed by atoms with Crippen LogP contribution in [0.15, 0.2) is 177 Å². The number of imidazole rings is 2. The van der Waals surface area contributed by atoms with Crippen LogP contribution in [-0.2, 0) is 6.54 Å². The van der Waals surface area contributed by atoms with Crippen LogP contribution < -0.4 is 5.32 Å². The van der Waals surface area contributed by atoms with Crippen molar-refractivity contribution >= 4 is 55.5 Å². The zero-order valence-corrected chi connectivity index (χ0v) is 43.0. The first-order valence-electron chi connectivity index (χ1n) is 26.0. The van der Waals surface area contributed by atoms with Gasteiger partial charge in [0, 0.05) is 76.1 Å². The summed E-state index contributed by atoms with van der Waals surface area (Å²) in [5, 5.41) is 20.1. The zero-order valence-electron chi connectivity index (χ0n) is 43.0. The monoisotopic (exact) mass is 1040 g/mol. The standard InChI is InChI=1S/C31H20FN7O.C29H24FN7.C2H6/c32-22-9-6-18(7-10-22)25-16-34-17-27-28(25)37-30(36-27)29-24-13-20(8-11-26(24)38-39-29)21-12-23(15-33-14-21)35-31(40)19-4-2-1-3-5-19;30-22-6-3-19(4-7-22)24-15-32-16-26-27(24)34-29(33-26)28-23-12-20(5-8-25(23)35-36-28)21-11-18(13-31-14-21)17-37-9-1-2-10-37;1-2/h1-17H,(H,35,40)(H,36,37)(H,38,39);3-8,11-16H,1-2,9-10,17H2,(H,33,34)(H,35,36);1-2H3. The Hall–Kier alpha value is -10.1. The summed E-state index contributed by atoms with van der Waals surface area (Å²) in [5.74, 6) is 0.450. The molecule has 0 radical (unpaired) electrons. The minimum absolute atomic E-state index is 0.202. The van der Waals surface area contributed by atoms with Crippen molar-refractivity contribution in [3.63, 3.8) is 0 Å². The molecule has 0 saturated carbocycles. The molecule has 1 fully saturated rings. The van der Waals surface area contributed by atoms with E-state index in [4.69, 9.17) is 9.97 Å². The van der Waals surface area contributed by atoms with Crippen LogP contribution in [-0.4, -0.2) is 84.2 Å². The lowest BCUT2D eigenvalue weighted by Crippen LogP contribution is -2.18. The van der Waals surface area contributed by atoms with Crippen molar-refractivity contribution in [1.29, 1.82) is 0 Å². The topological polar surface area (TPSA) is 199 Å². The molecular weight excluding hydrogens is 995 g/mol. The summed E-state index contributed by atoms with van der Waals surface area (Å²) in [6.45, 7) is 7.25. The normalized spacial score (nSPS) is 12.4. The summed E-state index contributed by atoms with van der Waals surface area (Å²) < 4.78 is 27.0. The number of amides is 1. The number of halogens is 2. The number of rotatable bonds is 10. The molecule has 8 aromatic heterocycles. The molecule has 15 nitrogen and oxygen atoms in total. The molecule has 1 amide bonds. The number of carbonyl (C=O) groups is 1. The Labute approximate surface area is 451 Å². The molecule has 5 aromatic carbocycles. The maximum absolute atomic E-state index is 13.5. The van der Waals surface area contributed by atoms with E-state index >= 15 is 0 Å². The minimum atomic E-state index is -0.301. The van der Waals surface area contributed by atoms with E-state index in [2.05, 4.69) is 78.7 Å². The van der Waals surface area contributed by atoms with Crippen LogP contribution in [0.25, 0.3) is 111 Å². The van der Waals surface area contributed by atoms with Crippen LogP contribution in [0.1, 0.15) is 42.6 Å². The van der Waals surface area contributed by atoms with E-state index in [1.807, 2.05) is 74.8 Å². The summed E-state index contributed by atoms with van der Waals surface area (Å²) in [4.78, 5) is 49.1. The molecule has 14 rings (SSSR count). The van der Waals surface area contributed by atoms with Crippen LogP contribution in [0.4, 0.5) is 14.5 Å². The summed E-state index contributed by atoms with van der Waals surface area (Å²) in [5.41, 5.74) is 15.8. The van der Waals surface area contributed by atoms with Crippen LogP contribution in [0.3, 0.4) is 0 Å². The van der Waals surface area contributed by atoms with Crippen molar-refractivity contribution in [2.45, 2.75) is 33.2 Å². The van der Waals surface area contributed by atoms with Gasteiger partial charge in [0.15, 0.2) is 11.6 Å². The molecule has 1 aliphatic rings. The van der Waals surface area contributed by atoms with E-state index in [0.29, 0.717) is 28.6 Å². The number of likely N-dealkylation sites (tertiary alicyclic amines) is 1. The van der Waals surface area contributed by atoms with Gasteiger partial charge in [-0.25, -0.2) is 18.7 Å². The van der Waals surface area contributed by atoms with Gasteiger partial charge >= 0.3 is 0 Å². The number of pyridine rings is 4. The van der Waals surface area contributed by atoms with Crippen molar-refractivity contribution in [1.82, 2.24) is 65.2 Å². The fourth-order valence-corrected chi connectivity index (χ4v) is 9.91. The lowest BCUT2D eigenvalue weighted by atomic mass is 10.0. The van der Waals surface area contributed by atoms with E-state index in [1.54, 1.807) is 73.6 Å². The molecule has 0 atom stereocenters. The number of H-pyrrole nitrogens is 4. The van der Waals surface area contributed by atoms with Gasteiger partial charge in [0.2, 0.25) is 0 Å². The number of aromatic nitrogens is 12. The first-order chi connectivity index (χ1) is 38.8. The Morgan fingerprint density at radius 1 is 0.519 bits per heavy atom. The van der Waals surface area contributed by atoms with Gasteiger partial charge in [-0.15, -0.1) is 0 Å². The van der Waals surface area contributed by atoms with E-state index in [-0.39, 0.29) is 17.5 Å². The fraction of sp³-hybridized carbons (Fsp3) is 0.113. The second-order valence-electron chi connectivity index (χ2n) is 18.9. The van der Waals surface area contributed by atoms with Crippen molar-refractivity contribution in [2.24, 2.45) is 0 Å². The quantitative estimate of drug-likeness (QED) is 0.0878. The number of hydrogen-bond acceptors (Lipinski definition) is 10. The van der Waals surface area contributed by atoms with Crippen LogP contribution in [0, 0.1) is 11.6 Å². The third-order valence-corrected chi connectivity index (χ3v) is 13.8. The number of fused-ring (bicyclic) bond motifs is 4. The fourth-order valence-electron chi connectivity index (χ4n) is 9.91. The SMILES string of the molecule is CC.Fc1ccc(-c2cncc3[nH]c(-c4n[nH]c5ccc(-c6cncc(CN7CCCC7)c6)cc45)nc23)cc1.O=C(Nc1cncc(-c2ccc3[nH]nc(-c4nc5c(-c6ccc(F)cc6)cncc5[nH]4)c3c2)c1)c1ccccc1. The zero-order chi connectivity index (χ0) is 53.8. The molecule has 79 heavy (non-hydrogen) atoms. The van der Waals surface area contributed by atoms with Crippen molar-refractivity contribution in [2.75, 3.05) is 18.4 Å². The van der Waals surface area contributed by atoms with Gasteiger partial charge in [-0.3, -0.25) is 39.8 Å². The molecule has 388 valence electrons. The highest BCUT2D eigenvalue weighted by molar-refractivity contribution is 6.05. The minimum Gasteiger partial charge on any atom is -0.335 e. The molecule has 0 aliphatic carbocycles. The van der Waals surface area contributed by atoms with Crippen LogP contribution in [0.5, 0.6) is 0 Å². The predicted molar refractivity (Wildman–Crippen MR) is 305 cm³/mol. The van der Waals surface area contributed by atoms with Crippen LogP contribution in [0.2, 0.25) is 0 Å². The number of carbonyl (C=O) groups excluding carboxylic acids is 1. The lowest BCUT2D eigenvalue weighted by Gasteiger charge is -2.14. The third-order valence-electron chi connectivity index (χ3n) is 13.8. The van der Waals surface area contributed by atoms with Gasteiger partial charge in [-0.2, -0.15) is 10.2 Å². The first-order valence-corrected chi connectivity index (χ1v) is 26.0. The molecule has 0 bridgehead atoms. The number of aromatic amines is 4. The molecular formula is C62H50F2N14O. The summed E-state index contributed by atoms with van der Waals surface area (Å²) in [7, 11) is 0. The molecule has 0 spiro atoms.